The van der Waals surface area contributed by atoms with Gasteiger partial charge in [-0.2, -0.15) is 5.10 Å². The first kappa shape index (κ1) is 18.3. The highest BCUT2D eigenvalue weighted by atomic mass is 16.6. The van der Waals surface area contributed by atoms with Crippen molar-refractivity contribution in [3.63, 3.8) is 0 Å². The minimum atomic E-state index is -0.510. The van der Waals surface area contributed by atoms with Crippen LogP contribution in [0.3, 0.4) is 0 Å². The molecular formula is C17H28N4O3. The second kappa shape index (κ2) is 7.23. The molecule has 24 heavy (non-hydrogen) atoms. The van der Waals surface area contributed by atoms with Crippen molar-refractivity contribution in [3.8, 4) is 0 Å². The highest BCUT2D eigenvalue weighted by Gasteiger charge is 2.27. The maximum absolute atomic E-state index is 12.7. The average molecular weight is 336 g/mol. The Morgan fingerprint density at radius 2 is 1.79 bits per heavy atom. The summed E-state index contributed by atoms with van der Waals surface area (Å²) in [6.07, 6.45) is 1.22. The molecule has 1 aliphatic heterocycles. The molecule has 0 aliphatic carbocycles. The van der Waals surface area contributed by atoms with Crippen molar-refractivity contribution in [2.45, 2.75) is 46.1 Å². The van der Waals surface area contributed by atoms with Crippen molar-refractivity contribution in [3.05, 3.63) is 17.5 Å². The molecule has 7 nitrogen and oxygen atoms in total. The van der Waals surface area contributed by atoms with Crippen LogP contribution in [0.4, 0.5) is 4.79 Å². The van der Waals surface area contributed by atoms with Crippen molar-refractivity contribution in [2.24, 2.45) is 7.05 Å². The fourth-order valence-corrected chi connectivity index (χ4v) is 2.69. The lowest BCUT2D eigenvalue weighted by Gasteiger charge is -2.26. The standard InChI is InChI=1S/C17H28N4O3/c1-6-13-12-14(19(5)18-13)15(22)20-8-7-9-21(11-10-20)16(23)24-17(2,3)4/h12H,6-11H2,1-5H3. The molecule has 1 aromatic rings. The molecule has 0 atom stereocenters. The molecule has 0 aromatic carbocycles. The number of nitrogens with zero attached hydrogens (tertiary/aromatic N) is 4. The van der Waals surface area contributed by atoms with E-state index in [1.165, 1.54) is 0 Å². The molecule has 2 heterocycles. The summed E-state index contributed by atoms with van der Waals surface area (Å²) in [6, 6.07) is 1.85. The number of hydrogen-bond donors (Lipinski definition) is 0. The second-order valence-corrected chi connectivity index (χ2v) is 7.11. The molecule has 2 rings (SSSR count). The maximum atomic E-state index is 12.7. The van der Waals surface area contributed by atoms with E-state index in [2.05, 4.69) is 5.10 Å². The third-order valence-electron chi connectivity index (χ3n) is 3.95. The first-order valence-electron chi connectivity index (χ1n) is 8.51. The Bertz CT molecular complexity index is 603. The highest BCUT2D eigenvalue weighted by Crippen LogP contribution is 2.14. The van der Waals surface area contributed by atoms with Crippen molar-refractivity contribution < 1.29 is 14.3 Å². The number of carbonyl (C=O) groups excluding carboxylic acids is 2. The summed E-state index contributed by atoms with van der Waals surface area (Å²) < 4.78 is 7.06. The van der Waals surface area contributed by atoms with Crippen molar-refractivity contribution in [2.75, 3.05) is 26.2 Å². The number of aryl methyl sites for hydroxylation is 2. The fraction of sp³-hybridized carbons (Fsp3) is 0.706. The lowest BCUT2D eigenvalue weighted by atomic mass is 10.2. The van der Waals surface area contributed by atoms with E-state index in [0.717, 1.165) is 18.5 Å². The van der Waals surface area contributed by atoms with Gasteiger partial charge in [0, 0.05) is 33.2 Å². The molecule has 134 valence electrons. The zero-order chi connectivity index (χ0) is 17.9. The zero-order valence-electron chi connectivity index (χ0n) is 15.3. The smallest absolute Gasteiger partial charge is 0.410 e. The highest BCUT2D eigenvalue weighted by molar-refractivity contribution is 5.92. The first-order valence-corrected chi connectivity index (χ1v) is 8.51. The number of hydrogen-bond acceptors (Lipinski definition) is 4. The van der Waals surface area contributed by atoms with Gasteiger partial charge in [0.15, 0.2) is 0 Å². The Morgan fingerprint density at radius 3 is 2.38 bits per heavy atom. The van der Waals surface area contributed by atoms with E-state index in [9.17, 15) is 9.59 Å². The summed E-state index contributed by atoms with van der Waals surface area (Å²) in [5.41, 5.74) is 0.994. The molecule has 0 unspecified atom stereocenters. The van der Waals surface area contributed by atoms with Crippen LogP contribution in [0.2, 0.25) is 0 Å². The zero-order valence-corrected chi connectivity index (χ0v) is 15.3. The van der Waals surface area contributed by atoms with E-state index in [4.69, 9.17) is 4.74 Å². The molecule has 1 fully saturated rings. The Morgan fingerprint density at radius 1 is 1.17 bits per heavy atom. The number of carbonyl (C=O) groups is 2. The molecule has 0 saturated carbocycles. The minimum Gasteiger partial charge on any atom is -0.444 e. The largest absolute Gasteiger partial charge is 0.444 e. The van der Waals surface area contributed by atoms with E-state index < -0.39 is 5.60 Å². The summed E-state index contributed by atoms with van der Waals surface area (Å²) in [5.74, 6) is -0.0317. The van der Waals surface area contributed by atoms with Gasteiger partial charge in [0.05, 0.1) is 5.69 Å². The van der Waals surface area contributed by atoms with Crippen LogP contribution < -0.4 is 0 Å². The van der Waals surface area contributed by atoms with Gasteiger partial charge < -0.3 is 14.5 Å². The Hall–Kier alpha value is -2.05. The van der Waals surface area contributed by atoms with Crippen molar-refractivity contribution >= 4 is 12.0 Å². The SMILES string of the molecule is CCc1cc(C(=O)N2CCCN(C(=O)OC(C)(C)C)CC2)n(C)n1. The predicted molar refractivity (Wildman–Crippen MR) is 90.9 cm³/mol. The predicted octanol–water partition coefficient (Wildman–Crippen LogP) is 2.07. The topological polar surface area (TPSA) is 67.7 Å². The molecule has 1 aromatic heterocycles. The van der Waals surface area contributed by atoms with Gasteiger partial charge in [-0.1, -0.05) is 6.92 Å². The van der Waals surface area contributed by atoms with Crippen LogP contribution in [0.25, 0.3) is 0 Å². The van der Waals surface area contributed by atoms with Crippen LogP contribution in [-0.2, 0) is 18.2 Å². The van der Waals surface area contributed by atoms with Crippen LogP contribution in [0, 0.1) is 0 Å². The molecule has 0 N–H and O–H groups in total. The lowest BCUT2D eigenvalue weighted by molar-refractivity contribution is 0.0255. The molecule has 0 radical (unpaired) electrons. The monoisotopic (exact) mass is 336 g/mol. The molecular weight excluding hydrogens is 308 g/mol. The average Bonchev–Trinajstić information content (AvgIpc) is 2.71. The van der Waals surface area contributed by atoms with Crippen molar-refractivity contribution in [1.29, 1.82) is 0 Å². The van der Waals surface area contributed by atoms with E-state index in [-0.39, 0.29) is 12.0 Å². The maximum Gasteiger partial charge on any atom is 0.410 e. The number of ether oxygens (including phenoxy) is 1. The number of rotatable bonds is 2. The summed E-state index contributed by atoms with van der Waals surface area (Å²) in [5, 5.41) is 4.34. The van der Waals surface area contributed by atoms with Gasteiger partial charge in [-0.3, -0.25) is 9.48 Å². The van der Waals surface area contributed by atoms with Gasteiger partial charge in [0.25, 0.3) is 5.91 Å². The van der Waals surface area contributed by atoms with Gasteiger partial charge in [-0.25, -0.2) is 4.79 Å². The van der Waals surface area contributed by atoms with Crippen LogP contribution in [0.1, 0.15) is 50.3 Å². The van der Waals surface area contributed by atoms with E-state index >= 15 is 0 Å². The van der Waals surface area contributed by atoms with Gasteiger partial charge in [0.2, 0.25) is 0 Å². The molecule has 0 spiro atoms. The van der Waals surface area contributed by atoms with E-state index in [0.29, 0.717) is 31.9 Å². The molecule has 7 heteroatoms. The van der Waals surface area contributed by atoms with Crippen LogP contribution >= 0.6 is 0 Å². The van der Waals surface area contributed by atoms with E-state index in [1.54, 1.807) is 21.5 Å². The normalized spacial score (nSPS) is 16.0. The second-order valence-electron chi connectivity index (χ2n) is 7.11. The van der Waals surface area contributed by atoms with Crippen LogP contribution in [-0.4, -0.2) is 63.4 Å². The summed E-state index contributed by atoms with van der Waals surface area (Å²) in [7, 11) is 1.79. The van der Waals surface area contributed by atoms with Gasteiger partial charge in [-0.05, 0) is 39.7 Å². The van der Waals surface area contributed by atoms with Gasteiger partial charge >= 0.3 is 6.09 Å². The molecule has 1 saturated heterocycles. The van der Waals surface area contributed by atoms with Crippen LogP contribution in [0.15, 0.2) is 6.07 Å². The van der Waals surface area contributed by atoms with Crippen LogP contribution in [0.5, 0.6) is 0 Å². The Kier molecular flexibility index (Phi) is 5.51. The minimum absolute atomic E-state index is 0.0317. The molecule has 1 aliphatic rings. The van der Waals surface area contributed by atoms with Crippen molar-refractivity contribution in [1.82, 2.24) is 19.6 Å². The van der Waals surface area contributed by atoms with E-state index in [1.807, 2.05) is 33.8 Å². The Labute approximate surface area is 143 Å². The summed E-state index contributed by atoms with van der Waals surface area (Å²) in [4.78, 5) is 28.4. The lowest BCUT2D eigenvalue weighted by Crippen LogP contribution is -2.40. The number of amides is 2. The molecule has 2 amide bonds. The number of aromatic nitrogens is 2. The first-order chi connectivity index (χ1) is 11.2. The fourth-order valence-electron chi connectivity index (χ4n) is 2.69. The summed E-state index contributed by atoms with van der Waals surface area (Å²) in [6.45, 7) is 9.80. The van der Waals surface area contributed by atoms with Gasteiger partial charge in [0.1, 0.15) is 11.3 Å². The molecule has 0 bridgehead atoms. The Balaban J connectivity index is 2.01. The third-order valence-corrected chi connectivity index (χ3v) is 3.95. The summed E-state index contributed by atoms with van der Waals surface area (Å²) >= 11 is 0. The third kappa shape index (κ3) is 4.49. The van der Waals surface area contributed by atoms with Gasteiger partial charge in [-0.15, -0.1) is 0 Å². The quantitative estimate of drug-likeness (QED) is 0.829.